The largest absolute Gasteiger partial charge is 0.374 e. The average molecular weight is 547 g/mol. The molecule has 1 aliphatic heterocycles. The maximum atomic E-state index is 13.6. The van der Waals surface area contributed by atoms with Gasteiger partial charge in [-0.3, -0.25) is 14.4 Å². The highest BCUT2D eigenvalue weighted by atomic mass is 16.5. The van der Waals surface area contributed by atoms with Crippen molar-refractivity contribution < 1.29 is 19.1 Å². The van der Waals surface area contributed by atoms with Crippen molar-refractivity contribution in [3.05, 3.63) is 84.3 Å². The summed E-state index contributed by atoms with van der Waals surface area (Å²) in [7, 11) is 0. The summed E-state index contributed by atoms with van der Waals surface area (Å²) in [5.41, 5.74) is 6.53. The van der Waals surface area contributed by atoms with Crippen molar-refractivity contribution in [2.75, 3.05) is 25.0 Å². The summed E-state index contributed by atoms with van der Waals surface area (Å²) in [6.07, 6.45) is 6.26. The number of anilines is 1. The van der Waals surface area contributed by atoms with Gasteiger partial charge in [-0.25, -0.2) is 4.98 Å². The first-order valence-corrected chi connectivity index (χ1v) is 13.6. The first kappa shape index (κ1) is 29.0. The number of benzene rings is 2. The molecule has 0 spiro atoms. The van der Waals surface area contributed by atoms with E-state index in [0.29, 0.717) is 0 Å². The van der Waals surface area contributed by atoms with Crippen molar-refractivity contribution in [3.8, 4) is 0 Å². The molecule has 40 heavy (non-hydrogen) atoms. The molecule has 212 valence electrons. The van der Waals surface area contributed by atoms with Crippen LogP contribution in [0, 0.1) is 0 Å². The van der Waals surface area contributed by atoms with E-state index in [9.17, 15) is 14.4 Å². The van der Waals surface area contributed by atoms with Gasteiger partial charge in [0.05, 0.1) is 25.1 Å². The Hall–Kier alpha value is -4.02. The number of amides is 3. The minimum absolute atomic E-state index is 0.00851. The van der Waals surface area contributed by atoms with Gasteiger partial charge < -0.3 is 30.6 Å². The van der Waals surface area contributed by atoms with Gasteiger partial charge in [-0.05, 0) is 44.2 Å². The number of hydrogen-bond acceptors (Lipinski definition) is 6. The number of imidazole rings is 1. The van der Waals surface area contributed by atoms with Gasteiger partial charge in [-0.15, -0.1) is 0 Å². The average Bonchev–Trinajstić information content (AvgIpc) is 3.41. The van der Waals surface area contributed by atoms with Crippen LogP contribution in [-0.4, -0.2) is 63.4 Å². The quantitative estimate of drug-likeness (QED) is 0.339. The van der Waals surface area contributed by atoms with Crippen molar-refractivity contribution in [2.45, 2.75) is 57.3 Å². The van der Waals surface area contributed by atoms with Crippen molar-refractivity contribution in [1.29, 1.82) is 0 Å². The van der Waals surface area contributed by atoms with E-state index in [1.807, 2.05) is 65.6 Å². The second-order valence-corrected chi connectivity index (χ2v) is 10.6. The van der Waals surface area contributed by atoms with Crippen molar-refractivity contribution in [3.63, 3.8) is 0 Å². The van der Waals surface area contributed by atoms with Crippen LogP contribution >= 0.6 is 0 Å². The molecule has 2 aromatic carbocycles. The Morgan fingerprint density at radius 1 is 1.00 bits per heavy atom. The highest BCUT2D eigenvalue weighted by Gasteiger charge is 2.31. The van der Waals surface area contributed by atoms with E-state index in [1.165, 1.54) is 6.33 Å². The zero-order chi connectivity index (χ0) is 28.5. The molecule has 0 saturated carbocycles. The number of carbonyl (C=O) groups is 3. The number of nitrogens with zero attached hydrogens (tertiary/aromatic N) is 3. The first-order chi connectivity index (χ1) is 19.2. The maximum absolute atomic E-state index is 13.6. The fourth-order valence-electron chi connectivity index (χ4n) is 4.52. The predicted octanol–water partition coefficient (Wildman–Crippen LogP) is 2.86. The second kappa shape index (κ2) is 13.4. The Morgan fingerprint density at radius 3 is 2.30 bits per heavy atom. The zero-order valence-corrected chi connectivity index (χ0v) is 23.1. The van der Waals surface area contributed by atoms with Crippen LogP contribution in [0.5, 0.6) is 0 Å². The Kier molecular flexibility index (Phi) is 9.68. The van der Waals surface area contributed by atoms with Gasteiger partial charge in [0, 0.05) is 19.3 Å². The van der Waals surface area contributed by atoms with E-state index in [1.54, 1.807) is 24.6 Å². The van der Waals surface area contributed by atoms with Crippen LogP contribution in [0.4, 0.5) is 5.82 Å². The first-order valence-electron chi connectivity index (χ1n) is 13.6. The molecule has 3 aromatic rings. The van der Waals surface area contributed by atoms with Crippen molar-refractivity contribution in [2.24, 2.45) is 5.73 Å². The highest BCUT2D eigenvalue weighted by Crippen LogP contribution is 2.24. The lowest BCUT2D eigenvalue weighted by molar-refractivity contribution is -0.134. The Labute approximate surface area is 234 Å². The lowest BCUT2D eigenvalue weighted by atomic mass is 10.0. The molecule has 10 nitrogen and oxygen atoms in total. The minimum Gasteiger partial charge on any atom is -0.374 e. The van der Waals surface area contributed by atoms with Gasteiger partial charge in [-0.1, -0.05) is 60.7 Å². The van der Waals surface area contributed by atoms with E-state index >= 15 is 0 Å². The number of rotatable bonds is 11. The number of carbonyl (C=O) groups excluding carboxylic acids is 3. The number of piperidine rings is 1. The minimum atomic E-state index is -1.18. The summed E-state index contributed by atoms with van der Waals surface area (Å²) < 4.78 is 7.47. The van der Waals surface area contributed by atoms with Crippen LogP contribution in [0.15, 0.2) is 73.2 Å². The van der Waals surface area contributed by atoms with E-state index in [-0.39, 0.29) is 24.9 Å². The molecule has 2 heterocycles. The van der Waals surface area contributed by atoms with Gasteiger partial charge in [0.25, 0.3) is 5.91 Å². The summed E-state index contributed by atoms with van der Waals surface area (Å²) in [5.74, 6) is -0.746. The maximum Gasteiger partial charge on any atom is 0.250 e. The van der Waals surface area contributed by atoms with Crippen LogP contribution in [0.1, 0.15) is 50.3 Å². The van der Waals surface area contributed by atoms with Gasteiger partial charge in [0.1, 0.15) is 12.1 Å². The normalized spacial score (nSPS) is 15.2. The SMILES string of the molecule is CC(C)(N)C(=O)NC(COCc1ccccc1)C(=O)Nc1cn(C(C(=O)N2CCCCC2)c2ccccc2)cn1. The third kappa shape index (κ3) is 7.77. The molecule has 4 rings (SSSR count). The predicted molar refractivity (Wildman–Crippen MR) is 152 cm³/mol. The Morgan fingerprint density at radius 2 is 1.65 bits per heavy atom. The second-order valence-electron chi connectivity index (χ2n) is 10.6. The van der Waals surface area contributed by atoms with Gasteiger partial charge in [0.2, 0.25) is 11.8 Å². The summed E-state index contributed by atoms with van der Waals surface area (Å²) in [4.78, 5) is 45.7. The molecule has 1 aromatic heterocycles. The van der Waals surface area contributed by atoms with Gasteiger partial charge in [0.15, 0.2) is 5.82 Å². The summed E-state index contributed by atoms with van der Waals surface area (Å²) in [5, 5.41) is 5.44. The molecule has 10 heteroatoms. The number of nitrogens with two attached hydrogens (primary N) is 1. The third-order valence-electron chi connectivity index (χ3n) is 6.77. The van der Waals surface area contributed by atoms with Gasteiger partial charge in [-0.2, -0.15) is 0 Å². The fourth-order valence-corrected chi connectivity index (χ4v) is 4.52. The standard InChI is InChI=1S/C30H38N6O4/c1-30(2,31)29(39)33-24(20-40-19-22-12-6-3-7-13-22)27(37)34-25-18-36(21-32-25)26(23-14-8-4-9-15-23)28(38)35-16-10-5-11-17-35/h3-4,6-9,12-15,18,21,24,26H,5,10-11,16-17,19-20,31H2,1-2H3,(H,33,39)(H,34,37). The molecule has 1 fully saturated rings. The zero-order valence-electron chi connectivity index (χ0n) is 23.1. The van der Waals surface area contributed by atoms with E-state index in [0.717, 1.165) is 43.5 Å². The number of hydrogen-bond donors (Lipinski definition) is 3. The molecule has 1 aliphatic rings. The molecule has 1 saturated heterocycles. The number of likely N-dealkylation sites (tertiary alicyclic amines) is 1. The molecule has 2 unspecified atom stereocenters. The monoisotopic (exact) mass is 546 g/mol. The number of ether oxygens (including phenoxy) is 1. The molecule has 3 amide bonds. The molecule has 0 bridgehead atoms. The van der Waals surface area contributed by atoms with Crippen LogP contribution in [-0.2, 0) is 25.7 Å². The smallest absolute Gasteiger partial charge is 0.250 e. The fraction of sp³-hybridized carbons (Fsp3) is 0.400. The third-order valence-corrected chi connectivity index (χ3v) is 6.77. The molecular weight excluding hydrogens is 508 g/mol. The topological polar surface area (TPSA) is 132 Å². The van der Waals surface area contributed by atoms with Crippen LogP contribution in [0.3, 0.4) is 0 Å². The number of nitrogens with one attached hydrogen (secondary N) is 2. The molecule has 0 aliphatic carbocycles. The van der Waals surface area contributed by atoms with Crippen LogP contribution in [0.25, 0.3) is 0 Å². The van der Waals surface area contributed by atoms with Gasteiger partial charge >= 0.3 is 0 Å². The molecule has 2 atom stereocenters. The van der Waals surface area contributed by atoms with Crippen molar-refractivity contribution in [1.82, 2.24) is 19.8 Å². The number of aromatic nitrogens is 2. The lowest BCUT2D eigenvalue weighted by Crippen LogP contribution is -2.56. The molecule has 4 N–H and O–H groups in total. The Balaban J connectivity index is 1.49. The van der Waals surface area contributed by atoms with E-state index in [2.05, 4.69) is 15.6 Å². The van der Waals surface area contributed by atoms with Crippen LogP contribution in [0.2, 0.25) is 0 Å². The lowest BCUT2D eigenvalue weighted by Gasteiger charge is -2.31. The van der Waals surface area contributed by atoms with Crippen molar-refractivity contribution >= 4 is 23.5 Å². The summed E-state index contributed by atoms with van der Waals surface area (Å²) in [6.45, 7) is 4.78. The van der Waals surface area contributed by atoms with Crippen LogP contribution < -0.4 is 16.4 Å². The molecule has 0 radical (unpaired) electrons. The van der Waals surface area contributed by atoms with E-state index < -0.39 is 29.4 Å². The Bertz CT molecular complexity index is 1270. The summed E-state index contributed by atoms with van der Waals surface area (Å²) in [6, 6.07) is 17.4. The highest BCUT2D eigenvalue weighted by molar-refractivity contribution is 5.98. The van der Waals surface area contributed by atoms with E-state index in [4.69, 9.17) is 10.5 Å². The molecular formula is C30H38N6O4. The summed E-state index contributed by atoms with van der Waals surface area (Å²) >= 11 is 0.